The second-order valence-corrected chi connectivity index (χ2v) is 8.16. The summed E-state index contributed by atoms with van der Waals surface area (Å²) in [5, 5.41) is 4.34. The highest BCUT2D eigenvalue weighted by Gasteiger charge is 2.51. The van der Waals surface area contributed by atoms with Gasteiger partial charge in [-0.25, -0.2) is 9.67 Å². The Labute approximate surface area is 159 Å². The van der Waals surface area contributed by atoms with E-state index in [-0.39, 0.29) is 0 Å². The van der Waals surface area contributed by atoms with Crippen molar-refractivity contribution in [3.05, 3.63) is 48.5 Å². The number of piperidine rings is 1. The molecule has 0 N–H and O–H groups in total. The molecule has 2 atom stereocenters. The van der Waals surface area contributed by atoms with Crippen molar-refractivity contribution in [2.24, 2.45) is 0 Å². The molecule has 3 aliphatic heterocycles. The van der Waals surface area contributed by atoms with Crippen LogP contribution >= 0.6 is 0 Å². The minimum absolute atomic E-state index is 0.314. The molecule has 0 spiro atoms. The molecule has 6 nitrogen and oxygen atoms in total. The van der Waals surface area contributed by atoms with Crippen molar-refractivity contribution in [3.8, 4) is 0 Å². The van der Waals surface area contributed by atoms with E-state index in [0.29, 0.717) is 37.2 Å². The molecular formula is C21H26N4O2. The summed E-state index contributed by atoms with van der Waals surface area (Å²) in [6.45, 7) is 1.32. The first-order chi connectivity index (χ1) is 13.3. The zero-order valence-electron chi connectivity index (χ0n) is 15.5. The lowest BCUT2D eigenvalue weighted by atomic mass is 9.72. The number of amides is 1. The average Bonchev–Trinajstić information content (AvgIpc) is 3.35. The molecule has 0 radical (unpaired) electrons. The van der Waals surface area contributed by atoms with E-state index in [1.165, 1.54) is 0 Å². The quantitative estimate of drug-likeness (QED) is 0.838. The standard InChI is InChI=1S/C21H26N4O2/c26-20(21(8-10-27-11-9-21)16-4-2-1-3-5-16)25-17-6-7-18(25)13-19(12-17)24-15-22-14-23-24/h1-5,14-15,17-19H,6-13H2. The smallest absolute Gasteiger partial charge is 0.233 e. The van der Waals surface area contributed by atoms with Gasteiger partial charge in [0.2, 0.25) is 5.91 Å². The zero-order valence-corrected chi connectivity index (χ0v) is 15.5. The van der Waals surface area contributed by atoms with Gasteiger partial charge in [-0.3, -0.25) is 4.79 Å². The molecule has 142 valence electrons. The zero-order chi connectivity index (χ0) is 18.3. The number of carbonyl (C=O) groups excluding carboxylic acids is 1. The summed E-state index contributed by atoms with van der Waals surface area (Å²) < 4.78 is 7.61. The molecule has 27 heavy (non-hydrogen) atoms. The Bertz CT molecular complexity index is 772. The van der Waals surface area contributed by atoms with Crippen molar-refractivity contribution < 1.29 is 9.53 Å². The van der Waals surface area contributed by atoms with E-state index < -0.39 is 5.41 Å². The van der Waals surface area contributed by atoms with Crippen LogP contribution in [0, 0.1) is 0 Å². The molecule has 1 amide bonds. The summed E-state index contributed by atoms with van der Waals surface area (Å²) >= 11 is 0. The molecule has 5 rings (SSSR count). The van der Waals surface area contributed by atoms with Crippen molar-refractivity contribution in [3.63, 3.8) is 0 Å². The molecule has 2 bridgehead atoms. The molecule has 0 aliphatic carbocycles. The van der Waals surface area contributed by atoms with Crippen molar-refractivity contribution in [2.45, 2.75) is 62.1 Å². The Morgan fingerprint density at radius 3 is 2.37 bits per heavy atom. The van der Waals surface area contributed by atoms with Gasteiger partial charge in [0.25, 0.3) is 0 Å². The summed E-state index contributed by atoms with van der Waals surface area (Å²) in [7, 11) is 0. The van der Waals surface area contributed by atoms with Gasteiger partial charge in [0.1, 0.15) is 12.7 Å². The van der Waals surface area contributed by atoms with E-state index in [4.69, 9.17) is 4.74 Å². The number of aromatic nitrogens is 3. The Balaban J connectivity index is 1.44. The average molecular weight is 366 g/mol. The molecule has 6 heteroatoms. The Hall–Kier alpha value is -2.21. The van der Waals surface area contributed by atoms with E-state index >= 15 is 0 Å². The van der Waals surface area contributed by atoms with Gasteiger partial charge in [-0.2, -0.15) is 5.10 Å². The first-order valence-corrected chi connectivity index (χ1v) is 10.1. The lowest BCUT2D eigenvalue weighted by Gasteiger charge is -2.46. The van der Waals surface area contributed by atoms with Crippen LogP contribution in [0.1, 0.15) is 50.1 Å². The van der Waals surface area contributed by atoms with Gasteiger partial charge in [0, 0.05) is 25.3 Å². The fourth-order valence-corrected chi connectivity index (χ4v) is 5.45. The van der Waals surface area contributed by atoms with Crippen LogP contribution in [0.4, 0.5) is 0 Å². The fourth-order valence-electron chi connectivity index (χ4n) is 5.45. The van der Waals surface area contributed by atoms with Gasteiger partial charge in [-0.1, -0.05) is 30.3 Å². The Morgan fingerprint density at radius 2 is 1.74 bits per heavy atom. The van der Waals surface area contributed by atoms with E-state index in [9.17, 15) is 4.79 Å². The predicted molar refractivity (Wildman–Crippen MR) is 100 cm³/mol. The van der Waals surface area contributed by atoms with E-state index in [1.807, 2.05) is 29.2 Å². The van der Waals surface area contributed by atoms with Crippen LogP contribution in [0.2, 0.25) is 0 Å². The normalized spacial score (nSPS) is 29.6. The number of hydrogen-bond donors (Lipinski definition) is 0. The molecular weight excluding hydrogens is 340 g/mol. The molecule has 4 heterocycles. The van der Waals surface area contributed by atoms with Crippen LogP contribution in [0.15, 0.2) is 43.0 Å². The van der Waals surface area contributed by atoms with Crippen molar-refractivity contribution in [1.82, 2.24) is 19.7 Å². The minimum Gasteiger partial charge on any atom is -0.381 e. The van der Waals surface area contributed by atoms with Crippen LogP contribution in [0.3, 0.4) is 0 Å². The van der Waals surface area contributed by atoms with Gasteiger partial charge in [0.15, 0.2) is 0 Å². The number of carbonyl (C=O) groups is 1. The van der Waals surface area contributed by atoms with Crippen LogP contribution < -0.4 is 0 Å². The number of hydrogen-bond acceptors (Lipinski definition) is 4. The predicted octanol–water partition coefficient (Wildman–Crippen LogP) is 2.72. The SMILES string of the molecule is O=C(N1C2CCC1CC(n1cncn1)C2)C1(c2ccccc2)CCOCC1. The van der Waals surface area contributed by atoms with Crippen LogP contribution in [-0.4, -0.2) is 50.9 Å². The first kappa shape index (κ1) is 16.9. The molecule has 2 aromatic rings. The highest BCUT2D eigenvalue weighted by molar-refractivity contribution is 5.89. The van der Waals surface area contributed by atoms with E-state index in [1.54, 1.807) is 6.33 Å². The monoisotopic (exact) mass is 366 g/mol. The molecule has 3 fully saturated rings. The maximum absolute atomic E-state index is 14.0. The maximum atomic E-state index is 14.0. The third-order valence-corrected chi connectivity index (χ3v) is 6.84. The summed E-state index contributed by atoms with van der Waals surface area (Å²) in [5.41, 5.74) is 0.719. The summed E-state index contributed by atoms with van der Waals surface area (Å²) in [6, 6.07) is 11.3. The van der Waals surface area contributed by atoms with Crippen LogP contribution in [0.25, 0.3) is 0 Å². The molecule has 1 aromatic carbocycles. The molecule has 0 saturated carbocycles. The lowest BCUT2D eigenvalue weighted by Crippen LogP contribution is -2.56. The van der Waals surface area contributed by atoms with Gasteiger partial charge in [-0.15, -0.1) is 0 Å². The number of ether oxygens (including phenoxy) is 1. The minimum atomic E-state index is -0.430. The van der Waals surface area contributed by atoms with Crippen LogP contribution in [-0.2, 0) is 14.9 Å². The highest BCUT2D eigenvalue weighted by atomic mass is 16.5. The van der Waals surface area contributed by atoms with Crippen molar-refractivity contribution >= 4 is 5.91 Å². The first-order valence-electron chi connectivity index (χ1n) is 10.1. The number of fused-ring (bicyclic) bond motifs is 2. The molecule has 3 saturated heterocycles. The fraction of sp³-hybridized carbons (Fsp3) is 0.571. The lowest BCUT2D eigenvalue weighted by molar-refractivity contribution is -0.146. The number of nitrogens with zero attached hydrogens (tertiary/aromatic N) is 4. The molecule has 1 aromatic heterocycles. The van der Waals surface area contributed by atoms with Crippen molar-refractivity contribution in [1.29, 1.82) is 0 Å². The van der Waals surface area contributed by atoms with Crippen molar-refractivity contribution in [2.75, 3.05) is 13.2 Å². The second-order valence-electron chi connectivity index (χ2n) is 8.16. The molecule has 3 aliphatic rings. The topological polar surface area (TPSA) is 60.2 Å². The summed E-state index contributed by atoms with van der Waals surface area (Å²) in [4.78, 5) is 20.3. The largest absolute Gasteiger partial charge is 0.381 e. The number of rotatable bonds is 3. The van der Waals surface area contributed by atoms with Gasteiger partial charge in [0.05, 0.1) is 11.5 Å². The third kappa shape index (κ3) is 2.78. The second kappa shape index (κ2) is 6.75. The Morgan fingerprint density at radius 1 is 1.04 bits per heavy atom. The number of benzene rings is 1. The van der Waals surface area contributed by atoms with E-state index in [2.05, 4.69) is 27.1 Å². The van der Waals surface area contributed by atoms with Gasteiger partial charge >= 0.3 is 0 Å². The summed E-state index contributed by atoms with van der Waals surface area (Å²) in [5.74, 6) is 0.321. The third-order valence-electron chi connectivity index (χ3n) is 6.84. The maximum Gasteiger partial charge on any atom is 0.233 e. The summed E-state index contributed by atoms with van der Waals surface area (Å²) in [6.07, 6.45) is 9.12. The Kier molecular flexibility index (Phi) is 4.23. The van der Waals surface area contributed by atoms with Gasteiger partial charge < -0.3 is 9.64 Å². The van der Waals surface area contributed by atoms with Gasteiger partial charge in [-0.05, 0) is 44.1 Å². The van der Waals surface area contributed by atoms with Crippen LogP contribution in [0.5, 0.6) is 0 Å². The molecule has 2 unspecified atom stereocenters. The van der Waals surface area contributed by atoms with E-state index in [0.717, 1.165) is 44.1 Å². The highest BCUT2D eigenvalue weighted by Crippen LogP contribution is 2.45.